The third-order valence-corrected chi connectivity index (χ3v) is 6.18. The van der Waals surface area contributed by atoms with Crippen molar-refractivity contribution < 1.29 is 9.59 Å². The Bertz CT molecular complexity index is 385. The molecule has 2 bridgehead atoms. The molecule has 0 aromatic rings. The van der Waals surface area contributed by atoms with E-state index < -0.39 is 0 Å². The van der Waals surface area contributed by atoms with Gasteiger partial charge in [-0.2, -0.15) is 0 Å². The zero-order valence-electron chi connectivity index (χ0n) is 11.5. The molecule has 3 heteroatoms. The fourth-order valence-electron chi connectivity index (χ4n) is 5.28. The fraction of sp³-hybridized carbons (Fsp3) is 0.875. The van der Waals surface area contributed by atoms with E-state index in [1.807, 2.05) is 0 Å². The van der Waals surface area contributed by atoms with Crippen LogP contribution in [0.5, 0.6) is 0 Å². The Kier molecular flexibility index (Phi) is 2.71. The van der Waals surface area contributed by atoms with Gasteiger partial charge in [-0.3, -0.25) is 14.5 Å². The van der Waals surface area contributed by atoms with E-state index in [9.17, 15) is 9.59 Å². The van der Waals surface area contributed by atoms with Crippen LogP contribution in [-0.2, 0) is 9.59 Å². The Morgan fingerprint density at radius 3 is 2.00 bits per heavy atom. The number of rotatable bonds is 2. The van der Waals surface area contributed by atoms with E-state index in [1.54, 1.807) is 4.90 Å². The molecule has 3 nitrogen and oxygen atoms in total. The lowest BCUT2D eigenvalue weighted by atomic mass is 9.81. The lowest BCUT2D eigenvalue weighted by Crippen LogP contribution is -2.37. The third kappa shape index (κ3) is 1.70. The molecule has 0 N–H and O–H groups in total. The first kappa shape index (κ1) is 11.9. The van der Waals surface area contributed by atoms with Crippen LogP contribution in [0.2, 0.25) is 0 Å². The molecule has 0 radical (unpaired) electrons. The van der Waals surface area contributed by atoms with Gasteiger partial charge in [0.05, 0.1) is 11.8 Å². The Morgan fingerprint density at radius 1 is 0.842 bits per heavy atom. The number of carbonyl (C=O) groups is 2. The Balaban J connectivity index is 1.51. The topological polar surface area (TPSA) is 37.4 Å². The molecule has 2 amide bonds. The SMILES string of the molecule is O=C1[C@@H]2[C@H]3CC[C@H](C3)[C@@H]2C(=O)N1CC1CCCCC1. The van der Waals surface area contributed by atoms with Gasteiger partial charge in [0.2, 0.25) is 11.8 Å². The standard InChI is InChI=1S/C16H23NO2/c18-15-13-11-6-7-12(8-11)14(13)16(19)17(15)9-10-4-2-1-3-5-10/h10-14H,1-9H2/t11-,12+,13+,14-. The van der Waals surface area contributed by atoms with E-state index >= 15 is 0 Å². The molecule has 1 aliphatic heterocycles. The normalized spacial score (nSPS) is 42.2. The van der Waals surface area contributed by atoms with Crippen LogP contribution in [0.25, 0.3) is 0 Å². The van der Waals surface area contributed by atoms with Crippen molar-refractivity contribution in [2.75, 3.05) is 6.54 Å². The number of hydrogen-bond acceptors (Lipinski definition) is 2. The van der Waals surface area contributed by atoms with E-state index in [-0.39, 0.29) is 23.7 Å². The number of amides is 2. The van der Waals surface area contributed by atoms with Crippen molar-refractivity contribution in [3.05, 3.63) is 0 Å². The van der Waals surface area contributed by atoms with Crippen molar-refractivity contribution >= 4 is 11.8 Å². The smallest absolute Gasteiger partial charge is 0.233 e. The maximum atomic E-state index is 12.6. The quantitative estimate of drug-likeness (QED) is 0.716. The summed E-state index contributed by atoms with van der Waals surface area (Å²) in [5.41, 5.74) is 0. The van der Waals surface area contributed by atoms with Crippen LogP contribution in [0.15, 0.2) is 0 Å². The Labute approximate surface area is 114 Å². The summed E-state index contributed by atoms with van der Waals surface area (Å²) in [6.07, 6.45) is 9.80. The molecular formula is C16H23NO2. The maximum absolute atomic E-state index is 12.6. The second-order valence-corrected chi connectivity index (χ2v) is 7.18. The van der Waals surface area contributed by atoms with Crippen LogP contribution in [-0.4, -0.2) is 23.3 Å². The molecule has 19 heavy (non-hydrogen) atoms. The van der Waals surface area contributed by atoms with Gasteiger partial charge in [0, 0.05) is 6.54 Å². The molecule has 1 saturated heterocycles. The van der Waals surface area contributed by atoms with Gasteiger partial charge in [-0.1, -0.05) is 19.3 Å². The number of likely N-dealkylation sites (tertiary alicyclic amines) is 1. The van der Waals surface area contributed by atoms with Crippen molar-refractivity contribution in [1.82, 2.24) is 4.90 Å². The predicted octanol–water partition coefficient (Wildman–Crippen LogP) is 2.60. The summed E-state index contributed by atoms with van der Waals surface area (Å²) in [5.74, 6) is 2.17. The Hall–Kier alpha value is -0.860. The summed E-state index contributed by atoms with van der Waals surface area (Å²) in [4.78, 5) is 26.8. The number of fused-ring (bicyclic) bond motifs is 5. The summed E-state index contributed by atoms with van der Waals surface area (Å²) in [5, 5.41) is 0. The molecule has 0 aromatic heterocycles. The minimum absolute atomic E-state index is 0.0786. The summed E-state index contributed by atoms with van der Waals surface area (Å²) in [6.45, 7) is 0.726. The fourth-order valence-corrected chi connectivity index (χ4v) is 5.28. The number of carbonyl (C=O) groups excluding carboxylic acids is 2. The summed E-state index contributed by atoms with van der Waals surface area (Å²) in [6, 6.07) is 0. The minimum atomic E-state index is 0.0786. The van der Waals surface area contributed by atoms with Crippen LogP contribution >= 0.6 is 0 Å². The monoisotopic (exact) mass is 261 g/mol. The Morgan fingerprint density at radius 2 is 1.42 bits per heavy atom. The van der Waals surface area contributed by atoms with E-state index in [1.165, 1.54) is 44.9 Å². The van der Waals surface area contributed by atoms with Crippen molar-refractivity contribution in [3.8, 4) is 0 Å². The molecule has 4 rings (SSSR count). The first-order valence-electron chi connectivity index (χ1n) is 8.11. The van der Waals surface area contributed by atoms with Gasteiger partial charge < -0.3 is 0 Å². The molecule has 4 atom stereocenters. The van der Waals surface area contributed by atoms with E-state index in [0.717, 1.165) is 13.0 Å². The van der Waals surface area contributed by atoms with Gasteiger partial charge in [-0.15, -0.1) is 0 Å². The van der Waals surface area contributed by atoms with Crippen molar-refractivity contribution in [3.63, 3.8) is 0 Å². The van der Waals surface area contributed by atoms with Crippen LogP contribution in [0.4, 0.5) is 0 Å². The maximum Gasteiger partial charge on any atom is 0.233 e. The molecular weight excluding hydrogens is 238 g/mol. The average molecular weight is 261 g/mol. The number of hydrogen-bond donors (Lipinski definition) is 0. The summed E-state index contributed by atoms with van der Waals surface area (Å²) in [7, 11) is 0. The molecule has 0 spiro atoms. The van der Waals surface area contributed by atoms with Crippen molar-refractivity contribution in [2.45, 2.75) is 51.4 Å². The van der Waals surface area contributed by atoms with E-state index in [2.05, 4.69) is 0 Å². The second-order valence-electron chi connectivity index (χ2n) is 7.18. The van der Waals surface area contributed by atoms with Crippen LogP contribution in [0.1, 0.15) is 51.4 Å². The van der Waals surface area contributed by atoms with E-state index in [0.29, 0.717) is 17.8 Å². The molecule has 4 aliphatic rings. The zero-order valence-corrected chi connectivity index (χ0v) is 11.5. The third-order valence-electron chi connectivity index (χ3n) is 6.18. The molecule has 0 unspecified atom stereocenters. The van der Waals surface area contributed by atoms with Gasteiger partial charge in [-0.05, 0) is 49.9 Å². The highest BCUT2D eigenvalue weighted by Gasteiger charge is 2.60. The molecule has 1 heterocycles. The van der Waals surface area contributed by atoms with Crippen molar-refractivity contribution in [1.29, 1.82) is 0 Å². The summed E-state index contributed by atoms with van der Waals surface area (Å²) >= 11 is 0. The average Bonchev–Trinajstić information content (AvgIpc) is 3.10. The van der Waals surface area contributed by atoms with Gasteiger partial charge in [0.25, 0.3) is 0 Å². The first-order valence-corrected chi connectivity index (χ1v) is 8.11. The first-order chi connectivity index (χ1) is 9.25. The zero-order chi connectivity index (χ0) is 13.0. The lowest BCUT2D eigenvalue weighted by Gasteiger charge is -2.26. The van der Waals surface area contributed by atoms with Gasteiger partial charge in [0.1, 0.15) is 0 Å². The molecule has 104 valence electrons. The van der Waals surface area contributed by atoms with Crippen molar-refractivity contribution in [2.24, 2.45) is 29.6 Å². The molecule has 4 fully saturated rings. The summed E-state index contributed by atoms with van der Waals surface area (Å²) < 4.78 is 0. The molecule has 3 saturated carbocycles. The van der Waals surface area contributed by atoms with Gasteiger partial charge in [-0.25, -0.2) is 0 Å². The predicted molar refractivity (Wildman–Crippen MR) is 71.1 cm³/mol. The second kappa shape index (κ2) is 4.32. The highest BCUT2D eigenvalue weighted by molar-refractivity contribution is 6.06. The number of nitrogens with zero attached hydrogens (tertiary/aromatic N) is 1. The molecule has 0 aromatic carbocycles. The minimum Gasteiger partial charge on any atom is -0.282 e. The largest absolute Gasteiger partial charge is 0.282 e. The molecule has 3 aliphatic carbocycles. The lowest BCUT2D eigenvalue weighted by molar-refractivity contribution is -0.141. The van der Waals surface area contributed by atoms with E-state index in [4.69, 9.17) is 0 Å². The highest BCUT2D eigenvalue weighted by Crippen LogP contribution is 2.56. The van der Waals surface area contributed by atoms with Gasteiger partial charge in [0.15, 0.2) is 0 Å². The van der Waals surface area contributed by atoms with Gasteiger partial charge >= 0.3 is 0 Å². The van der Waals surface area contributed by atoms with Crippen LogP contribution in [0.3, 0.4) is 0 Å². The van der Waals surface area contributed by atoms with Crippen LogP contribution < -0.4 is 0 Å². The number of imide groups is 1. The van der Waals surface area contributed by atoms with Crippen LogP contribution in [0, 0.1) is 29.6 Å². The highest BCUT2D eigenvalue weighted by atomic mass is 16.2.